The maximum atomic E-state index is 11.6. The highest BCUT2D eigenvalue weighted by Crippen LogP contribution is 2.14. The van der Waals surface area contributed by atoms with Gasteiger partial charge in [0.15, 0.2) is 11.9 Å². The number of ether oxygens (including phenoxy) is 1. The number of amidine groups is 3. The second-order valence-electron chi connectivity index (χ2n) is 5.08. The number of nitrogens with zero attached hydrogens (tertiary/aromatic N) is 4. The number of hydrogen-bond donors (Lipinski definition) is 3. The molecule has 0 radical (unpaired) electrons. The number of carbonyl (C=O) groups is 1. The summed E-state index contributed by atoms with van der Waals surface area (Å²) in [5.41, 5.74) is 12.7. The number of benzene rings is 1. The van der Waals surface area contributed by atoms with Gasteiger partial charge in [-0.25, -0.2) is 14.8 Å². The molecule has 1 atom stereocenters. The first-order valence-electron chi connectivity index (χ1n) is 7.41. The molecule has 1 aromatic rings. The minimum Gasteiger partial charge on any atom is -0.462 e. The number of nitrogens with one attached hydrogen (secondary N) is 1. The molecular formula is C15H17N7O2. The number of fused-ring (bicyclic) bond motifs is 1. The van der Waals surface area contributed by atoms with E-state index in [4.69, 9.17) is 16.2 Å². The molecule has 0 aliphatic carbocycles. The number of guanidine groups is 1. The van der Waals surface area contributed by atoms with Crippen LogP contribution >= 0.6 is 0 Å². The minimum atomic E-state index is -0.458. The van der Waals surface area contributed by atoms with Crippen LogP contribution in [-0.4, -0.2) is 48.6 Å². The van der Waals surface area contributed by atoms with E-state index in [9.17, 15) is 4.79 Å². The zero-order chi connectivity index (χ0) is 17.1. The molecule has 2 heterocycles. The van der Waals surface area contributed by atoms with Gasteiger partial charge in [0.25, 0.3) is 0 Å². The molecule has 1 aromatic carbocycles. The van der Waals surface area contributed by atoms with E-state index in [1.807, 2.05) is 0 Å². The molecule has 9 heteroatoms. The maximum Gasteiger partial charge on any atom is 0.338 e. The standard InChI is InChI=1S/C15H17N7O2/c1-2-24-14(23)8-3-5-9(6-4-8)18-7-10-19-11-12(16)21-15(17)22-13(11)20-10/h3-6,11,18H,2,7H2,1H3,(H4,16,17,19,20,21,22). The Morgan fingerprint density at radius 2 is 1.96 bits per heavy atom. The van der Waals surface area contributed by atoms with E-state index >= 15 is 0 Å². The van der Waals surface area contributed by atoms with Gasteiger partial charge in [0, 0.05) is 5.69 Å². The lowest BCUT2D eigenvalue weighted by atomic mass is 10.2. The number of anilines is 1. The lowest BCUT2D eigenvalue weighted by Crippen LogP contribution is -2.38. The van der Waals surface area contributed by atoms with Gasteiger partial charge in [-0.2, -0.15) is 9.98 Å². The van der Waals surface area contributed by atoms with Crippen molar-refractivity contribution in [1.29, 1.82) is 0 Å². The molecule has 0 fully saturated rings. The predicted molar refractivity (Wildman–Crippen MR) is 92.8 cm³/mol. The lowest BCUT2D eigenvalue weighted by Gasteiger charge is -2.11. The molecule has 0 spiro atoms. The first-order chi connectivity index (χ1) is 11.6. The molecule has 0 amide bonds. The third kappa shape index (κ3) is 3.24. The largest absolute Gasteiger partial charge is 0.462 e. The van der Waals surface area contributed by atoms with E-state index in [1.54, 1.807) is 31.2 Å². The van der Waals surface area contributed by atoms with Gasteiger partial charge in [0.1, 0.15) is 11.7 Å². The molecule has 1 unspecified atom stereocenters. The summed E-state index contributed by atoms with van der Waals surface area (Å²) in [6, 6.07) is 6.50. The Labute approximate surface area is 138 Å². The molecule has 124 valence electrons. The molecule has 2 aliphatic rings. The Balaban J connectivity index is 1.62. The third-order valence-corrected chi connectivity index (χ3v) is 3.37. The fourth-order valence-corrected chi connectivity index (χ4v) is 2.25. The number of aliphatic imine (C=N–C) groups is 4. The zero-order valence-electron chi connectivity index (χ0n) is 13.1. The average molecular weight is 327 g/mol. The van der Waals surface area contributed by atoms with E-state index in [0.717, 1.165) is 5.69 Å². The summed E-state index contributed by atoms with van der Waals surface area (Å²) in [7, 11) is 0. The van der Waals surface area contributed by atoms with Crippen LogP contribution in [0.3, 0.4) is 0 Å². The lowest BCUT2D eigenvalue weighted by molar-refractivity contribution is 0.0526. The molecule has 3 rings (SSSR count). The minimum absolute atomic E-state index is 0.0847. The summed E-state index contributed by atoms with van der Waals surface area (Å²) in [4.78, 5) is 28.2. The molecule has 0 saturated carbocycles. The second-order valence-corrected chi connectivity index (χ2v) is 5.08. The quantitative estimate of drug-likeness (QED) is 0.660. The van der Waals surface area contributed by atoms with Crippen LogP contribution in [0.4, 0.5) is 5.69 Å². The fraction of sp³-hybridized carbons (Fsp3) is 0.267. The zero-order valence-corrected chi connectivity index (χ0v) is 13.1. The van der Waals surface area contributed by atoms with Crippen LogP contribution < -0.4 is 16.8 Å². The molecule has 0 saturated heterocycles. The summed E-state index contributed by atoms with van der Waals surface area (Å²) in [5.74, 6) is 1.04. The van der Waals surface area contributed by atoms with Crippen LogP contribution in [0.1, 0.15) is 17.3 Å². The highest BCUT2D eigenvalue weighted by molar-refractivity contribution is 6.24. The number of hydrogen-bond acceptors (Lipinski definition) is 9. The fourth-order valence-electron chi connectivity index (χ4n) is 2.25. The van der Waals surface area contributed by atoms with Gasteiger partial charge in [-0.05, 0) is 31.2 Å². The van der Waals surface area contributed by atoms with Gasteiger partial charge >= 0.3 is 5.97 Å². The van der Waals surface area contributed by atoms with Crippen molar-refractivity contribution < 1.29 is 9.53 Å². The smallest absolute Gasteiger partial charge is 0.338 e. The number of esters is 1. The second kappa shape index (κ2) is 6.49. The number of nitrogens with two attached hydrogens (primary N) is 2. The third-order valence-electron chi connectivity index (χ3n) is 3.37. The monoisotopic (exact) mass is 327 g/mol. The number of carbonyl (C=O) groups excluding carboxylic acids is 1. The first-order valence-corrected chi connectivity index (χ1v) is 7.41. The molecular weight excluding hydrogens is 310 g/mol. The van der Waals surface area contributed by atoms with Crippen LogP contribution in [0, 0.1) is 0 Å². The van der Waals surface area contributed by atoms with Crippen molar-refractivity contribution >= 4 is 35.1 Å². The molecule has 9 nitrogen and oxygen atoms in total. The van der Waals surface area contributed by atoms with Gasteiger partial charge in [0.2, 0.25) is 5.96 Å². The van der Waals surface area contributed by atoms with Gasteiger partial charge < -0.3 is 21.5 Å². The molecule has 0 aromatic heterocycles. The van der Waals surface area contributed by atoms with Crippen LogP contribution in [0.5, 0.6) is 0 Å². The average Bonchev–Trinajstić information content (AvgIpc) is 2.97. The predicted octanol–water partition coefficient (Wildman–Crippen LogP) is 0.140. The van der Waals surface area contributed by atoms with Crippen LogP contribution in [-0.2, 0) is 4.74 Å². The summed E-state index contributed by atoms with van der Waals surface area (Å²) >= 11 is 0. The van der Waals surface area contributed by atoms with Crippen molar-refractivity contribution in [1.82, 2.24) is 0 Å². The first kappa shape index (κ1) is 15.7. The van der Waals surface area contributed by atoms with Crippen molar-refractivity contribution in [3.63, 3.8) is 0 Å². The van der Waals surface area contributed by atoms with Crippen LogP contribution in [0.15, 0.2) is 44.2 Å². The van der Waals surface area contributed by atoms with E-state index in [0.29, 0.717) is 30.4 Å². The van der Waals surface area contributed by atoms with Crippen LogP contribution in [0.2, 0.25) is 0 Å². The molecule has 5 N–H and O–H groups in total. The van der Waals surface area contributed by atoms with Crippen LogP contribution in [0.25, 0.3) is 0 Å². The van der Waals surface area contributed by atoms with E-state index in [1.165, 1.54) is 0 Å². The van der Waals surface area contributed by atoms with E-state index < -0.39 is 6.04 Å². The Kier molecular flexibility index (Phi) is 4.23. The van der Waals surface area contributed by atoms with E-state index in [2.05, 4.69) is 25.3 Å². The van der Waals surface area contributed by atoms with Crippen molar-refractivity contribution in [3.8, 4) is 0 Å². The highest BCUT2D eigenvalue weighted by Gasteiger charge is 2.29. The molecule has 24 heavy (non-hydrogen) atoms. The van der Waals surface area contributed by atoms with Gasteiger partial charge in [-0.1, -0.05) is 0 Å². The van der Waals surface area contributed by atoms with Crippen molar-refractivity contribution in [2.75, 3.05) is 18.5 Å². The van der Waals surface area contributed by atoms with Crippen molar-refractivity contribution in [3.05, 3.63) is 29.8 Å². The van der Waals surface area contributed by atoms with Crippen molar-refractivity contribution in [2.24, 2.45) is 31.4 Å². The number of rotatable bonds is 5. The molecule has 2 aliphatic heterocycles. The van der Waals surface area contributed by atoms with E-state index in [-0.39, 0.29) is 17.8 Å². The highest BCUT2D eigenvalue weighted by atomic mass is 16.5. The summed E-state index contributed by atoms with van der Waals surface area (Å²) in [6.07, 6.45) is 0. The Morgan fingerprint density at radius 1 is 1.21 bits per heavy atom. The SMILES string of the molecule is CCOC(=O)c1ccc(NCC2=NC3C(N)=NC(N)=NC3=N2)cc1. The maximum absolute atomic E-state index is 11.6. The summed E-state index contributed by atoms with van der Waals surface area (Å²) in [5, 5.41) is 3.17. The Bertz CT molecular complexity index is 778. The summed E-state index contributed by atoms with van der Waals surface area (Å²) < 4.78 is 4.94. The van der Waals surface area contributed by atoms with Gasteiger partial charge in [0.05, 0.1) is 18.7 Å². The van der Waals surface area contributed by atoms with Crippen molar-refractivity contribution in [2.45, 2.75) is 13.0 Å². The Hall–Kier alpha value is -3.23. The normalized spacial score (nSPS) is 18.8. The van der Waals surface area contributed by atoms with Gasteiger partial charge in [-0.3, -0.25) is 0 Å². The summed E-state index contributed by atoms with van der Waals surface area (Å²) in [6.45, 7) is 2.51. The topological polar surface area (TPSA) is 140 Å². The molecule has 0 bridgehead atoms. The Morgan fingerprint density at radius 3 is 2.67 bits per heavy atom. The van der Waals surface area contributed by atoms with Gasteiger partial charge in [-0.15, -0.1) is 0 Å².